The van der Waals surface area contributed by atoms with E-state index in [4.69, 9.17) is 10.9 Å². The SMILES string of the molecule is N/C(=N/O)c1ccc(-n2ccnc2)c2ccccc12. The number of fused-ring (bicyclic) bond motifs is 1. The molecule has 0 aliphatic heterocycles. The number of nitrogens with two attached hydrogens (primary N) is 1. The van der Waals surface area contributed by atoms with Crippen LogP contribution >= 0.6 is 0 Å². The van der Waals surface area contributed by atoms with Crippen LogP contribution in [-0.4, -0.2) is 20.6 Å². The lowest BCUT2D eigenvalue weighted by atomic mass is 10.0. The maximum absolute atomic E-state index is 8.85. The molecule has 0 aliphatic rings. The van der Waals surface area contributed by atoms with E-state index in [1.54, 1.807) is 12.5 Å². The van der Waals surface area contributed by atoms with Gasteiger partial charge in [0.05, 0.1) is 12.0 Å². The first kappa shape index (κ1) is 11.3. The molecule has 0 aliphatic carbocycles. The number of hydrogen-bond acceptors (Lipinski definition) is 3. The Balaban J connectivity index is 2.34. The smallest absolute Gasteiger partial charge is 0.170 e. The minimum absolute atomic E-state index is 0.105. The van der Waals surface area contributed by atoms with E-state index in [2.05, 4.69) is 10.1 Å². The van der Waals surface area contributed by atoms with Gasteiger partial charge in [0, 0.05) is 23.3 Å². The van der Waals surface area contributed by atoms with Crippen molar-refractivity contribution in [1.29, 1.82) is 0 Å². The summed E-state index contributed by atoms with van der Waals surface area (Å²) in [6, 6.07) is 11.6. The highest BCUT2D eigenvalue weighted by molar-refractivity contribution is 6.10. The summed E-state index contributed by atoms with van der Waals surface area (Å²) in [7, 11) is 0. The first-order chi connectivity index (χ1) is 9.31. The van der Waals surface area contributed by atoms with Crippen LogP contribution in [0.1, 0.15) is 5.56 Å². The Morgan fingerprint density at radius 1 is 1.16 bits per heavy atom. The molecule has 0 bridgehead atoms. The zero-order valence-electron chi connectivity index (χ0n) is 10.1. The van der Waals surface area contributed by atoms with Crippen molar-refractivity contribution in [2.24, 2.45) is 10.9 Å². The Morgan fingerprint density at radius 2 is 1.95 bits per heavy atom. The zero-order valence-corrected chi connectivity index (χ0v) is 10.1. The van der Waals surface area contributed by atoms with Crippen LogP contribution in [0.3, 0.4) is 0 Å². The van der Waals surface area contributed by atoms with Gasteiger partial charge in [-0.3, -0.25) is 0 Å². The molecular weight excluding hydrogens is 240 g/mol. The predicted molar refractivity (Wildman–Crippen MR) is 73.6 cm³/mol. The molecule has 1 heterocycles. The second-order valence-electron chi connectivity index (χ2n) is 4.13. The standard InChI is InChI=1S/C14H12N4O/c15-14(17-19)12-5-6-13(18-8-7-16-9-18)11-4-2-1-3-10(11)12/h1-9,19H,(H2,15,17). The summed E-state index contributed by atoms with van der Waals surface area (Å²) in [6.07, 6.45) is 5.35. The van der Waals surface area contributed by atoms with Gasteiger partial charge in [-0.1, -0.05) is 29.4 Å². The maximum atomic E-state index is 8.85. The monoisotopic (exact) mass is 252 g/mol. The molecule has 1 aromatic heterocycles. The van der Waals surface area contributed by atoms with E-state index in [0.29, 0.717) is 5.56 Å². The molecule has 0 saturated heterocycles. The first-order valence-electron chi connectivity index (χ1n) is 5.79. The van der Waals surface area contributed by atoms with Crippen LogP contribution in [0.25, 0.3) is 16.5 Å². The lowest BCUT2D eigenvalue weighted by Crippen LogP contribution is -2.13. The molecule has 0 amide bonds. The number of hydrogen-bond donors (Lipinski definition) is 2. The van der Waals surface area contributed by atoms with Gasteiger partial charge in [-0.25, -0.2) is 4.98 Å². The summed E-state index contributed by atoms with van der Waals surface area (Å²) in [5.74, 6) is 0.105. The Hall–Kier alpha value is -2.82. The average molecular weight is 252 g/mol. The number of nitrogens with zero attached hydrogens (tertiary/aromatic N) is 3. The van der Waals surface area contributed by atoms with Gasteiger partial charge in [0.25, 0.3) is 0 Å². The molecule has 94 valence electrons. The second kappa shape index (κ2) is 4.45. The van der Waals surface area contributed by atoms with Crippen molar-refractivity contribution in [3.63, 3.8) is 0 Å². The average Bonchev–Trinajstić information content (AvgIpc) is 2.99. The van der Waals surface area contributed by atoms with Crippen molar-refractivity contribution in [3.8, 4) is 5.69 Å². The molecular formula is C14H12N4O. The lowest BCUT2D eigenvalue weighted by Gasteiger charge is -2.10. The normalized spacial score (nSPS) is 11.9. The van der Waals surface area contributed by atoms with E-state index in [9.17, 15) is 0 Å². The summed E-state index contributed by atoms with van der Waals surface area (Å²) in [6.45, 7) is 0. The highest BCUT2D eigenvalue weighted by atomic mass is 16.4. The Kier molecular flexibility index (Phi) is 2.64. The number of benzene rings is 2. The van der Waals surface area contributed by atoms with Crippen molar-refractivity contribution in [1.82, 2.24) is 9.55 Å². The van der Waals surface area contributed by atoms with E-state index in [1.165, 1.54) is 0 Å². The molecule has 0 radical (unpaired) electrons. The van der Waals surface area contributed by atoms with Crippen LogP contribution in [0, 0.1) is 0 Å². The van der Waals surface area contributed by atoms with Gasteiger partial charge in [-0.2, -0.15) is 0 Å². The van der Waals surface area contributed by atoms with Crippen molar-refractivity contribution in [3.05, 3.63) is 60.7 Å². The van der Waals surface area contributed by atoms with E-state index >= 15 is 0 Å². The third kappa shape index (κ3) is 1.81. The molecule has 0 atom stereocenters. The fourth-order valence-corrected chi connectivity index (χ4v) is 2.19. The van der Waals surface area contributed by atoms with Crippen molar-refractivity contribution < 1.29 is 5.21 Å². The topological polar surface area (TPSA) is 76.4 Å². The minimum atomic E-state index is 0.105. The van der Waals surface area contributed by atoms with Crippen molar-refractivity contribution >= 4 is 16.6 Å². The largest absolute Gasteiger partial charge is 0.409 e. The summed E-state index contributed by atoms with van der Waals surface area (Å²) in [4.78, 5) is 4.05. The summed E-state index contributed by atoms with van der Waals surface area (Å²) in [5, 5.41) is 13.9. The lowest BCUT2D eigenvalue weighted by molar-refractivity contribution is 0.318. The van der Waals surface area contributed by atoms with Crippen LogP contribution in [0.15, 0.2) is 60.3 Å². The molecule has 0 fully saturated rings. The summed E-state index contributed by atoms with van der Waals surface area (Å²) in [5.41, 5.74) is 7.42. The third-order valence-corrected chi connectivity index (χ3v) is 3.07. The first-order valence-corrected chi connectivity index (χ1v) is 5.79. The molecule has 0 spiro atoms. The fourth-order valence-electron chi connectivity index (χ4n) is 2.19. The molecule has 19 heavy (non-hydrogen) atoms. The number of amidine groups is 1. The Morgan fingerprint density at radius 3 is 2.63 bits per heavy atom. The Bertz CT molecular complexity index is 747. The highest BCUT2D eigenvalue weighted by Gasteiger charge is 2.09. The van der Waals surface area contributed by atoms with Gasteiger partial charge in [0.15, 0.2) is 5.84 Å². The van der Waals surface area contributed by atoms with Crippen molar-refractivity contribution in [2.45, 2.75) is 0 Å². The molecule has 3 rings (SSSR count). The van der Waals surface area contributed by atoms with Gasteiger partial charge < -0.3 is 15.5 Å². The predicted octanol–water partition coefficient (Wildman–Crippen LogP) is 2.12. The van der Waals surface area contributed by atoms with E-state index < -0.39 is 0 Å². The maximum Gasteiger partial charge on any atom is 0.170 e. The molecule has 5 nitrogen and oxygen atoms in total. The molecule has 2 aromatic carbocycles. The van der Waals surface area contributed by atoms with Gasteiger partial charge in [0.1, 0.15) is 0 Å². The molecule has 3 N–H and O–H groups in total. The molecule has 5 heteroatoms. The molecule has 0 unspecified atom stereocenters. The highest BCUT2D eigenvalue weighted by Crippen LogP contribution is 2.25. The minimum Gasteiger partial charge on any atom is -0.409 e. The van der Waals surface area contributed by atoms with Gasteiger partial charge in [0.2, 0.25) is 0 Å². The van der Waals surface area contributed by atoms with Crippen molar-refractivity contribution in [2.75, 3.05) is 0 Å². The van der Waals surface area contributed by atoms with Crippen LogP contribution < -0.4 is 5.73 Å². The van der Waals surface area contributed by atoms with Crippen LogP contribution in [0.5, 0.6) is 0 Å². The number of aromatic nitrogens is 2. The second-order valence-corrected chi connectivity index (χ2v) is 4.13. The number of imidazole rings is 1. The fraction of sp³-hybridized carbons (Fsp3) is 0. The number of oxime groups is 1. The third-order valence-electron chi connectivity index (χ3n) is 3.07. The molecule has 3 aromatic rings. The van der Waals surface area contributed by atoms with Crippen LogP contribution in [-0.2, 0) is 0 Å². The summed E-state index contributed by atoms with van der Waals surface area (Å²) < 4.78 is 1.93. The van der Waals surface area contributed by atoms with Crippen LogP contribution in [0.4, 0.5) is 0 Å². The van der Waals surface area contributed by atoms with Gasteiger partial charge >= 0.3 is 0 Å². The van der Waals surface area contributed by atoms with Gasteiger partial charge in [-0.15, -0.1) is 0 Å². The summed E-state index contributed by atoms with van der Waals surface area (Å²) >= 11 is 0. The van der Waals surface area contributed by atoms with Gasteiger partial charge in [-0.05, 0) is 17.5 Å². The Labute approximate surface area is 109 Å². The number of rotatable bonds is 2. The zero-order chi connectivity index (χ0) is 13.2. The van der Waals surface area contributed by atoms with E-state index in [-0.39, 0.29) is 5.84 Å². The quantitative estimate of drug-likeness (QED) is 0.317. The van der Waals surface area contributed by atoms with Crippen LogP contribution in [0.2, 0.25) is 0 Å². The van der Waals surface area contributed by atoms with E-state index in [0.717, 1.165) is 16.5 Å². The molecule has 0 saturated carbocycles. The van der Waals surface area contributed by atoms with E-state index in [1.807, 2.05) is 47.2 Å².